The van der Waals surface area contributed by atoms with E-state index in [1.807, 2.05) is 30.3 Å². The zero-order valence-electron chi connectivity index (χ0n) is 16.2. The summed E-state index contributed by atoms with van der Waals surface area (Å²) < 4.78 is 9.70. The first-order chi connectivity index (χ1) is 14.0. The van der Waals surface area contributed by atoms with Gasteiger partial charge in [0.05, 0.1) is 7.11 Å². The van der Waals surface area contributed by atoms with E-state index >= 15 is 0 Å². The standard InChI is InChI=1S/C20H24N2O6S/c1-27-18(25)8-5-11-21-16(23)12-28-19(26)15-13-29-20(10-9-17(24)22(15)20)14-6-3-2-4-7-14/h2-4,6-7,15H,5,8-13H2,1H3,(H,21,23)/t15-,20-/m1/s1. The van der Waals surface area contributed by atoms with Crippen molar-refractivity contribution in [1.82, 2.24) is 10.2 Å². The molecule has 2 heterocycles. The number of nitrogens with one attached hydrogen (secondary N) is 1. The second-order valence-electron chi connectivity index (χ2n) is 6.88. The molecule has 2 atom stereocenters. The smallest absolute Gasteiger partial charge is 0.330 e. The molecule has 2 amide bonds. The summed E-state index contributed by atoms with van der Waals surface area (Å²) in [6, 6.07) is 8.98. The van der Waals surface area contributed by atoms with Gasteiger partial charge in [-0.3, -0.25) is 14.4 Å². The molecule has 0 radical (unpaired) electrons. The maximum atomic E-state index is 12.6. The Bertz CT molecular complexity index is 786. The fourth-order valence-corrected chi connectivity index (χ4v) is 5.30. The van der Waals surface area contributed by atoms with Gasteiger partial charge in [-0.15, -0.1) is 11.8 Å². The largest absolute Gasteiger partial charge is 0.469 e. The van der Waals surface area contributed by atoms with E-state index in [1.54, 1.807) is 16.7 Å². The van der Waals surface area contributed by atoms with E-state index in [2.05, 4.69) is 10.1 Å². The number of hydrogen-bond donors (Lipinski definition) is 1. The zero-order chi connectivity index (χ0) is 20.9. The molecule has 1 aromatic carbocycles. The Hall–Kier alpha value is -2.55. The van der Waals surface area contributed by atoms with Gasteiger partial charge in [0.2, 0.25) is 5.91 Å². The number of carbonyl (C=O) groups is 4. The lowest BCUT2D eigenvalue weighted by Gasteiger charge is -2.33. The van der Waals surface area contributed by atoms with Crippen LogP contribution in [0.15, 0.2) is 30.3 Å². The van der Waals surface area contributed by atoms with Crippen molar-refractivity contribution in [3.05, 3.63) is 35.9 Å². The number of carbonyl (C=O) groups excluding carboxylic acids is 4. The van der Waals surface area contributed by atoms with Crippen molar-refractivity contribution in [3.8, 4) is 0 Å². The van der Waals surface area contributed by atoms with Gasteiger partial charge in [-0.05, 0) is 18.4 Å². The highest BCUT2D eigenvalue weighted by molar-refractivity contribution is 8.00. The molecular weight excluding hydrogens is 396 g/mol. The number of fused-ring (bicyclic) bond motifs is 1. The molecule has 0 spiro atoms. The predicted molar refractivity (Wildman–Crippen MR) is 106 cm³/mol. The van der Waals surface area contributed by atoms with Crippen molar-refractivity contribution in [3.63, 3.8) is 0 Å². The number of rotatable bonds is 8. The molecule has 156 valence electrons. The van der Waals surface area contributed by atoms with E-state index in [4.69, 9.17) is 4.74 Å². The van der Waals surface area contributed by atoms with Crippen LogP contribution in [0.3, 0.4) is 0 Å². The summed E-state index contributed by atoms with van der Waals surface area (Å²) >= 11 is 1.57. The highest BCUT2D eigenvalue weighted by Crippen LogP contribution is 2.54. The van der Waals surface area contributed by atoms with Crippen LogP contribution in [0, 0.1) is 0 Å². The molecular formula is C20H24N2O6S. The average Bonchev–Trinajstić information content (AvgIpc) is 3.29. The number of esters is 2. The molecule has 1 aromatic rings. The Morgan fingerprint density at radius 3 is 2.76 bits per heavy atom. The van der Waals surface area contributed by atoms with Gasteiger partial charge in [-0.1, -0.05) is 30.3 Å². The summed E-state index contributed by atoms with van der Waals surface area (Å²) in [5.74, 6) is -1.01. The number of amides is 2. The van der Waals surface area contributed by atoms with Crippen LogP contribution < -0.4 is 5.32 Å². The first-order valence-electron chi connectivity index (χ1n) is 9.50. The third-order valence-corrected chi connectivity index (χ3v) is 6.67. The quantitative estimate of drug-likeness (QED) is 0.498. The number of methoxy groups -OCH3 is 1. The van der Waals surface area contributed by atoms with Gasteiger partial charge >= 0.3 is 11.9 Å². The van der Waals surface area contributed by atoms with Gasteiger partial charge in [0.15, 0.2) is 6.61 Å². The number of nitrogens with zero attached hydrogens (tertiary/aromatic N) is 1. The van der Waals surface area contributed by atoms with Gasteiger partial charge in [0, 0.05) is 25.1 Å². The van der Waals surface area contributed by atoms with Crippen molar-refractivity contribution in [2.75, 3.05) is 26.0 Å². The van der Waals surface area contributed by atoms with Crippen LogP contribution >= 0.6 is 11.8 Å². The minimum Gasteiger partial charge on any atom is -0.469 e. The predicted octanol–water partition coefficient (Wildman–Crippen LogP) is 1.19. The summed E-state index contributed by atoms with van der Waals surface area (Å²) in [5.41, 5.74) is 0.995. The molecule has 0 bridgehead atoms. The fourth-order valence-electron chi connectivity index (χ4n) is 3.66. The van der Waals surface area contributed by atoms with Crippen LogP contribution in [-0.4, -0.2) is 60.7 Å². The molecule has 0 saturated carbocycles. The van der Waals surface area contributed by atoms with Crippen molar-refractivity contribution < 1.29 is 28.7 Å². The first kappa shape index (κ1) is 21.2. The molecule has 0 aliphatic carbocycles. The SMILES string of the molecule is COC(=O)CCCNC(=O)COC(=O)[C@H]1CS[C@@]2(c3ccccc3)CCC(=O)N12. The van der Waals surface area contributed by atoms with E-state index in [-0.39, 0.29) is 24.8 Å². The van der Waals surface area contributed by atoms with Crippen LogP contribution in [0.25, 0.3) is 0 Å². The lowest BCUT2D eigenvalue weighted by Crippen LogP contribution is -2.47. The van der Waals surface area contributed by atoms with Crippen LogP contribution in [0.1, 0.15) is 31.2 Å². The minimum atomic E-state index is -0.706. The third-order valence-electron chi connectivity index (χ3n) is 5.08. The summed E-state index contributed by atoms with van der Waals surface area (Å²) in [6.07, 6.45) is 1.67. The Kier molecular flexibility index (Phi) is 6.79. The molecule has 8 nitrogen and oxygen atoms in total. The van der Waals surface area contributed by atoms with Gasteiger partial charge in [-0.2, -0.15) is 0 Å². The van der Waals surface area contributed by atoms with E-state index in [9.17, 15) is 19.2 Å². The number of thioether (sulfide) groups is 1. The van der Waals surface area contributed by atoms with Gasteiger partial charge in [0.1, 0.15) is 10.9 Å². The Morgan fingerprint density at radius 1 is 1.28 bits per heavy atom. The van der Waals surface area contributed by atoms with Crippen LogP contribution in [-0.2, 0) is 33.5 Å². The second kappa shape index (κ2) is 9.30. The van der Waals surface area contributed by atoms with Crippen molar-refractivity contribution in [2.24, 2.45) is 0 Å². The molecule has 29 heavy (non-hydrogen) atoms. The van der Waals surface area contributed by atoms with Crippen molar-refractivity contribution in [2.45, 2.75) is 36.6 Å². The van der Waals surface area contributed by atoms with E-state index in [0.29, 0.717) is 25.0 Å². The van der Waals surface area contributed by atoms with E-state index < -0.39 is 29.4 Å². The van der Waals surface area contributed by atoms with E-state index in [0.717, 1.165) is 5.56 Å². The first-order valence-corrected chi connectivity index (χ1v) is 10.5. The van der Waals surface area contributed by atoms with Crippen LogP contribution in [0.2, 0.25) is 0 Å². The monoisotopic (exact) mass is 420 g/mol. The molecule has 1 N–H and O–H groups in total. The Morgan fingerprint density at radius 2 is 2.03 bits per heavy atom. The van der Waals surface area contributed by atoms with Gasteiger partial charge in [0.25, 0.3) is 5.91 Å². The molecule has 2 saturated heterocycles. The zero-order valence-corrected chi connectivity index (χ0v) is 17.0. The molecule has 0 unspecified atom stereocenters. The van der Waals surface area contributed by atoms with Gasteiger partial charge < -0.3 is 19.7 Å². The number of benzene rings is 1. The lowest BCUT2D eigenvalue weighted by molar-refractivity contribution is -0.156. The lowest BCUT2D eigenvalue weighted by atomic mass is 10.0. The fraction of sp³-hybridized carbons (Fsp3) is 0.500. The molecule has 3 rings (SSSR count). The topological polar surface area (TPSA) is 102 Å². The maximum absolute atomic E-state index is 12.6. The minimum absolute atomic E-state index is 0.0759. The van der Waals surface area contributed by atoms with Crippen LogP contribution in [0.4, 0.5) is 0 Å². The summed E-state index contributed by atoms with van der Waals surface area (Å²) in [6.45, 7) is -0.134. The molecule has 2 fully saturated rings. The molecule has 9 heteroatoms. The average molecular weight is 420 g/mol. The highest BCUT2D eigenvalue weighted by Gasteiger charge is 2.57. The summed E-state index contributed by atoms with van der Waals surface area (Å²) in [4.78, 5) is 49.1. The maximum Gasteiger partial charge on any atom is 0.330 e. The van der Waals surface area contributed by atoms with Crippen molar-refractivity contribution >= 4 is 35.5 Å². The number of hydrogen-bond acceptors (Lipinski definition) is 7. The second-order valence-corrected chi connectivity index (χ2v) is 8.18. The number of ether oxygens (including phenoxy) is 2. The van der Waals surface area contributed by atoms with E-state index in [1.165, 1.54) is 7.11 Å². The normalized spacial score (nSPS) is 22.9. The Balaban J connectivity index is 1.53. The van der Waals surface area contributed by atoms with Gasteiger partial charge in [-0.25, -0.2) is 4.79 Å². The summed E-state index contributed by atoms with van der Waals surface area (Å²) in [5, 5.41) is 2.59. The Labute approximate surface area is 173 Å². The van der Waals surface area contributed by atoms with Crippen molar-refractivity contribution in [1.29, 1.82) is 0 Å². The molecule has 2 aliphatic heterocycles. The van der Waals surface area contributed by atoms with Crippen LogP contribution in [0.5, 0.6) is 0 Å². The summed E-state index contributed by atoms with van der Waals surface area (Å²) in [7, 11) is 1.30. The highest BCUT2D eigenvalue weighted by atomic mass is 32.2. The third kappa shape index (κ3) is 4.55. The molecule has 2 aliphatic rings. The molecule has 0 aromatic heterocycles.